The summed E-state index contributed by atoms with van der Waals surface area (Å²) < 4.78 is 10.4. The van der Waals surface area contributed by atoms with E-state index in [1.54, 1.807) is 26.4 Å². The number of rotatable bonds is 5. The van der Waals surface area contributed by atoms with Crippen LogP contribution in [0.5, 0.6) is 11.5 Å². The predicted molar refractivity (Wildman–Crippen MR) is 86.6 cm³/mol. The molecule has 7 heteroatoms. The van der Waals surface area contributed by atoms with Crippen LogP contribution in [0.2, 0.25) is 0 Å². The third-order valence-corrected chi connectivity index (χ3v) is 3.34. The van der Waals surface area contributed by atoms with Crippen LogP contribution in [0.3, 0.4) is 0 Å². The number of aliphatic imine (C=N–C) groups is 1. The van der Waals surface area contributed by atoms with Crippen LogP contribution in [-0.4, -0.2) is 30.4 Å². The van der Waals surface area contributed by atoms with Gasteiger partial charge in [-0.1, -0.05) is 0 Å². The van der Waals surface area contributed by atoms with Gasteiger partial charge in [0.2, 0.25) is 0 Å². The van der Waals surface area contributed by atoms with E-state index in [1.807, 2.05) is 19.9 Å². The van der Waals surface area contributed by atoms with Crippen molar-refractivity contribution in [2.45, 2.75) is 20.4 Å². The molecule has 1 heterocycles. The van der Waals surface area contributed by atoms with Crippen molar-refractivity contribution in [3.8, 4) is 11.5 Å². The van der Waals surface area contributed by atoms with Gasteiger partial charge in [-0.2, -0.15) is 5.10 Å². The van der Waals surface area contributed by atoms with Crippen molar-refractivity contribution in [1.29, 1.82) is 0 Å². The monoisotopic (exact) mass is 303 g/mol. The van der Waals surface area contributed by atoms with E-state index in [1.165, 1.54) is 0 Å². The molecule has 2 aromatic rings. The number of H-pyrrole nitrogens is 1. The van der Waals surface area contributed by atoms with E-state index >= 15 is 0 Å². The summed E-state index contributed by atoms with van der Waals surface area (Å²) in [4.78, 5) is 4.33. The zero-order valence-electron chi connectivity index (χ0n) is 13.2. The van der Waals surface area contributed by atoms with Gasteiger partial charge < -0.3 is 20.5 Å². The summed E-state index contributed by atoms with van der Waals surface area (Å²) in [5.41, 5.74) is 9.68. The Labute approximate surface area is 129 Å². The zero-order valence-corrected chi connectivity index (χ0v) is 13.2. The van der Waals surface area contributed by atoms with Gasteiger partial charge in [0.05, 0.1) is 26.5 Å². The average Bonchev–Trinajstić information content (AvgIpc) is 2.83. The quantitative estimate of drug-likeness (QED) is 0.579. The highest BCUT2D eigenvalue weighted by Crippen LogP contribution is 2.29. The lowest BCUT2D eigenvalue weighted by atomic mass is 10.2. The van der Waals surface area contributed by atoms with Gasteiger partial charge in [-0.3, -0.25) is 5.10 Å². The zero-order chi connectivity index (χ0) is 16.1. The van der Waals surface area contributed by atoms with Gasteiger partial charge in [0.15, 0.2) is 17.5 Å². The SMILES string of the molecule is COc1ccc(NC(N)=NCc2c(C)n[nH]c2C)cc1OC. The molecular weight excluding hydrogens is 282 g/mol. The van der Waals surface area contributed by atoms with Crippen LogP contribution >= 0.6 is 0 Å². The molecule has 0 radical (unpaired) electrons. The van der Waals surface area contributed by atoms with Crippen LogP contribution < -0.4 is 20.5 Å². The van der Waals surface area contributed by atoms with Gasteiger partial charge in [0.25, 0.3) is 0 Å². The van der Waals surface area contributed by atoms with Crippen LogP contribution in [0, 0.1) is 13.8 Å². The Kier molecular flexibility index (Phi) is 4.88. The summed E-state index contributed by atoms with van der Waals surface area (Å²) in [5.74, 6) is 1.61. The molecule has 4 N–H and O–H groups in total. The molecule has 7 nitrogen and oxygen atoms in total. The molecule has 0 unspecified atom stereocenters. The molecule has 1 aromatic heterocycles. The second-order valence-corrected chi connectivity index (χ2v) is 4.81. The molecule has 0 atom stereocenters. The molecule has 0 amide bonds. The van der Waals surface area contributed by atoms with Gasteiger partial charge >= 0.3 is 0 Å². The number of hydrogen-bond acceptors (Lipinski definition) is 4. The highest BCUT2D eigenvalue weighted by atomic mass is 16.5. The number of ether oxygens (including phenoxy) is 2. The van der Waals surface area contributed by atoms with Gasteiger partial charge in [0.1, 0.15) is 0 Å². The summed E-state index contributed by atoms with van der Waals surface area (Å²) in [6.07, 6.45) is 0. The lowest BCUT2D eigenvalue weighted by Gasteiger charge is -2.11. The maximum atomic E-state index is 5.92. The predicted octanol–water partition coefficient (Wildman–Crippen LogP) is 1.97. The van der Waals surface area contributed by atoms with Gasteiger partial charge in [-0.25, -0.2) is 4.99 Å². The molecule has 0 aliphatic carbocycles. The van der Waals surface area contributed by atoms with Gasteiger partial charge in [-0.05, 0) is 26.0 Å². The van der Waals surface area contributed by atoms with E-state index in [4.69, 9.17) is 15.2 Å². The molecule has 0 bridgehead atoms. The molecule has 22 heavy (non-hydrogen) atoms. The highest BCUT2D eigenvalue weighted by Gasteiger charge is 2.07. The Bertz CT molecular complexity index is 659. The molecule has 0 aliphatic heterocycles. The van der Waals surface area contributed by atoms with Crippen molar-refractivity contribution < 1.29 is 9.47 Å². The van der Waals surface area contributed by atoms with Gasteiger partial charge in [-0.15, -0.1) is 0 Å². The minimum Gasteiger partial charge on any atom is -0.493 e. The van der Waals surface area contributed by atoms with Crippen molar-refractivity contribution >= 4 is 11.6 Å². The first-order chi connectivity index (χ1) is 10.5. The molecule has 0 fully saturated rings. The fraction of sp³-hybridized carbons (Fsp3) is 0.333. The molecular formula is C15H21N5O2. The van der Waals surface area contributed by atoms with Crippen molar-refractivity contribution in [2.75, 3.05) is 19.5 Å². The third-order valence-electron chi connectivity index (χ3n) is 3.34. The van der Waals surface area contributed by atoms with E-state index in [2.05, 4.69) is 20.5 Å². The first kappa shape index (κ1) is 15.7. The lowest BCUT2D eigenvalue weighted by Crippen LogP contribution is -2.22. The Morgan fingerprint density at radius 2 is 2.00 bits per heavy atom. The topological polar surface area (TPSA) is 97.5 Å². The Morgan fingerprint density at radius 3 is 2.59 bits per heavy atom. The van der Waals surface area contributed by atoms with E-state index in [9.17, 15) is 0 Å². The van der Waals surface area contributed by atoms with Crippen LogP contribution in [0.1, 0.15) is 17.0 Å². The minimum absolute atomic E-state index is 0.326. The minimum atomic E-state index is 0.326. The first-order valence-corrected chi connectivity index (χ1v) is 6.84. The number of nitrogens with zero attached hydrogens (tertiary/aromatic N) is 2. The standard InChI is InChI=1S/C15H21N5O2/c1-9-12(10(2)20-19-9)8-17-15(16)18-11-5-6-13(21-3)14(7-11)22-4/h5-7H,8H2,1-4H3,(H,19,20)(H3,16,17,18). The maximum absolute atomic E-state index is 5.92. The average molecular weight is 303 g/mol. The number of anilines is 1. The largest absolute Gasteiger partial charge is 0.493 e. The number of benzene rings is 1. The Hall–Kier alpha value is -2.70. The smallest absolute Gasteiger partial charge is 0.193 e. The summed E-state index contributed by atoms with van der Waals surface area (Å²) >= 11 is 0. The van der Waals surface area contributed by atoms with Crippen LogP contribution in [-0.2, 0) is 6.54 Å². The van der Waals surface area contributed by atoms with Crippen LogP contribution in [0.4, 0.5) is 5.69 Å². The lowest BCUT2D eigenvalue weighted by molar-refractivity contribution is 0.355. The van der Waals surface area contributed by atoms with Crippen LogP contribution in [0.25, 0.3) is 0 Å². The molecule has 0 aliphatic rings. The molecule has 0 saturated carbocycles. The fourth-order valence-electron chi connectivity index (χ4n) is 2.07. The Morgan fingerprint density at radius 1 is 1.27 bits per heavy atom. The number of nitrogens with one attached hydrogen (secondary N) is 2. The number of nitrogens with two attached hydrogens (primary N) is 1. The number of methoxy groups -OCH3 is 2. The van der Waals surface area contributed by atoms with Crippen molar-refractivity contribution in [3.63, 3.8) is 0 Å². The normalized spacial score (nSPS) is 11.4. The number of guanidine groups is 1. The van der Waals surface area contributed by atoms with Gasteiger partial charge in [0, 0.05) is 23.0 Å². The number of aromatic amines is 1. The first-order valence-electron chi connectivity index (χ1n) is 6.84. The molecule has 2 rings (SSSR count). The molecule has 118 valence electrons. The number of hydrogen-bond donors (Lipinski definition) is 3. The highest BCUT2D eigenvalue weighted by molar-refractivity contribution is 5.92. The third kappa shape index (κ3) is 3.49. The fourth-order valence-corrected chi connectivity index (χ4v) is 2.07. The molecule has 1 aromatic carbocycles. The maximum Gasteiger partial charge on any atom is 0.193 e. The van der Waals surface area contributed by atoms with E-state index in [-0.39, 0.29) is 0 Å². The summed E-state index contributed by atoms with van der Waals surface area (Å²) in [7, 11) is 3.18. The molecule has 0 spiro atoms. The van der Waals surface area contributed by atoms with E-state index in [0.717, 1.165) is 22.6 Å². The van der Waals surface area contributed by atoms with Crippen molar-refractivity contribution in [2.24, 2.45) is 10.7 Å². The second kappa shape index (κ2) is 6.84. The summed E-state index contributed by atoms with van der Waals surface area (Å²) in [5, 5.41) is 10.1. The van der Waals surface area contributed by atoms with Crippen molar-refractivity contribution in [3.05, 3.63) is 35.2 Å². The molecule has 0 saturated heterocycles. The van der Waals surface area contributed by atoms with Crippen LogP contribution in [0.15, 0.2) is 23.2 Å². The number of aromatic nitrogens is 2. The van der Waals surface area contributed by atoms with E-state index in [0.29, 0.717) is 24.0 Å². The van der Waals surface area contributed by atoms with Crippen molar-refractivity contribution in [1.82, 2.24) is 10.2 Å². The summed E-state index contributed by atoms with van der Waals surface area (Å²) in [6, 6.07) is 5.45. The second-order valence-electron chi connectivity index (χ2n) is 4.81. The summed E-state index contributed by atoms with van der Waals surface area (Å²) in [6.45, 7) is 4.37. The van der Waals surface area contributed by atoms with E-state index < -0.39 is 0 Å². The number of aryl methyl sites for hydroxylation is 2. The Balaban J connectivity index is 2.08.